The number of hydrogen-bond donors (Lipinski definition) is 1. The van der Waals surface area contributed by atoms with E-state index in [4.69, 9.17) is 10.5 Å². The lowest BCUT2D eigenvalue weighted by molar-refractivity contribution is 0.211. The number of rotatable bonds is 4. The Morgan fingerprint density at radius 3 is 2.90 bits per heavy atom. The number of benzene rings is 1. The Labute approximate surface area is 124 Å². The summed E-state index contributed by atoms with van der Waals surface area (Å²) >= 11 is 0. The number of pyridine rings is 1. The van der Waals surface area contributed by atoms with Gasteiger partial charge in [-0.2, -0.15) is 5.26 Å². The molecule has 2 aromatic rings. The molecule has 2 atom stereocenters. The van der Waals surface area contributed by atoms with E-state index in [0.717, 1.165) is 17.4 Å². The highest BCUT2D eigenvalue weighted by molar-refractivity contribution is 5.85. The summed E-state index contributed by atoms with van der Waals surface area (Å²) in [6.07, 6.45) is 3.59. The van der Waals surface area contributed by atoms with Gasteiger partial charge in [0.1, 0.15) is 6.07 Å². The van der Waals surface area contributed by atoms with Crippen LogP contribution in [0.25, 0.3) is 10.9 Å². The van der Waals surface area contributed by atoms with E-state index in [0.29, 0.717) is 29.9 Å². The highest BCUT2D eigenvalue weighted by atomic mass is 16.5. The molecule has 2 unspecified atom stereocenters. The summed E-state index contributed by atoms with van der Waals surface area (Å²) < 4.78 is 5.85. The molecular weight excluding hydrogens is 262 g/mol. The van der Waals surface area contributed by atoms with Gasteiger partial charge in [-0.15, -0.1) is 0 Å². The van der Waals surface area contributed by atoms with Crippen LogP contribution in [0, 0.1) is 23.2 Å². The first kappa shape index (κ1) is 13.8. The van der Waals surface area contributed by atoms with Gasteiger partial charge in [-0.3, -0.25) is 0 Å². The molecule has 1 aromatic heterocycles. The summed E-state index contributed by atoms with van der Waals surface area (Å²) in [5, 5.41) is 10.1. The summed E-state index contributed by atoms with van der Waals surface area (Å²) in [5.41, 5.74) is 7.21. The number of aromatic nitrogens is 1. The predicted molar refractivity (Wildman–Crippen MR) is 81.8 cm³/mol. The van der Waals surface area contributed by atoms with Crippen molar-refractivity contribution in [3.63, 3.8) is 0 Å². The number of ether oxygens (including phenoxy) is 1. The van der Waals surface area contributed by atoms with Crippen LogP contribution in [0.15, 0.2) is 30.3 Å². The molecule has 4 nitrogen and oxygen atoms in total. The molecule has 1 aliphatic rings. The first-order valence-electron chi connectivity index (χ1n) is 7.44. The fourth-order valence-electron chi connectivity index (χ4n) is 3.15. The van der Waals surface area contributed by atoms with E-state index in [-0.39, 0.29) is 0 Å². The number of nitriles is 1. The smallest absolute Gasteiger partial charge is 0.215 e. The fraction of sp³-hybridized carbons (Fsp3) is 0.412. The van der Waals surface area contributed by atoms with Crippen molar-refractivity contribution in [2.75, 3.05) is 13.2 Å². The van der Waals surface area contributed by atoms with Crippen molar-refractivity contribution in [2.45, 2.75) is 19.3 Å². The molecule has 0 amide bonds. The van der Waals surface area contributed by atoms with Crippen LogP contribution in [0.2, 0.25) is 0 Å². The van der Waals surface area contributed by atoms with Gasteiger partial charge in [-0.25, -0.2) is 4.98 Å². The van der Waals surface area contributed by atoms with Gasteiger partial charge in [-0.1, -0.05) is 24.6 Å². The summed E-state index contributed by atoms with van der Waals surface area (Å²) in [4.78, 5) is 4.49. The first-order chi connectivity index (χ1) is 10.3. The Hall–Kier alpha value is -2.12. The molecular formula is C17H19N3O. The molecule has 4 heteroatoms. The number of para-hydroxylation sites is 1. The third-order valence-electron chi connectivity index (χ3n) is 4.38. The second-order valence-electron chi connectivity index (χ2n) is 5.63. The molecule has 1 saturated carbocycles. The monoisotopic (exact) mass is 281 g/mol. The van der Waals surface area contributed by atoms with Crippen molar-refractivity contribution in [2.24, 2.45) is 17.6 Å². The van der Waals surface area contributed by atoms with E-state index < -0.39 is 0 Å². The van der Waals surface area contributed by atoms with Gasteiger partial charge in [-0.05, 0) is 37.3 Å². The standard InChI is InChI=1S/C17H19N3O/c18-9-12-4-3-5-13(12)11-21-17-8-14(10-19)15-6-1-2-7-16(15)20-17/h1-2,6-8,12-13H,3-5,9,11,18H2. The second kappa shape index (κ2) is 6.11. The third-order valence-corrected chi connectivity index (χ3v) is 4.38. The molecule has 1 heterocycles. The van der Waals surface area contributed by atoms with Crippen LogP contribution in [-0.2, 0) is 0 Å². The Morgan fingerprint density at radius 1 is 1.29 bits per heavy atom. The van der Waals surface area contributed by atoms with Gasteiger partial charge in [0.05, 0.1) is 17.7 Å². The van der Waals surface area contributed by atoms with E-state index in [9.17, 15) is 5.26 Å². The maximum Gasteiger partial charge on any atom is 0.215 e. The lowest BCUT2D eigenvalue weighted by Crippen LogP contribution is -2.23. The second-order valence-corrected chi connectivity index (χ2v) is 5.63. The zero-order chi connectivity index (χ0) is 14.7. The molecule has 3 rings (SSSR count). The van der Waals surface area contributed by atoms with Crippen LogP contribution in [0.4, 0.5) is 0 Å². The number of nitrogens with zero attached hydrogens (tertiary/aromatic N) is 2. The average Bonchev–Trinajstić information content (AvgIpc) is 2.99. The van der Waals surface area contributed by atoms with Crippen molar-refractivity contribution in [3.05, 3.63) is 35.9 Å². The van der Waals surface area contributed by atoms with Crippen molar-refractivity contribution >= 4 is 10.9 Å². The SMILES string of the molecule is N#Cc1cc(OCC2CCCC2CN)nc2ccccc12. The van der Waals surface area contributed by atoms with Crippen LogP contribution in [0.1, 0.15) is 24.8 Å². The van der Waals surface area contributed by atoms with E-state index in [1.807, 2.05) is 24.3 Å². The Kier molecular flexibility index (Phi) is 4.03. The Balaban J connectivity index is 1.80. The molecule has 0 spiro atoms. The summed E-state index contributed by atoms with van der Waals surface area (Å²) in [5.74, 6) is 1.60. The molecule has 0 radical (unpaired) electrons. The molecule has 108 valence electrons. The molecule has 1 aliphatic carbocycles. The largest absolute Gasteiger partial charge is 0.477 e. The van der Waals surface area contributed by atoms with Gasteiger partial charge < -0.3 is 10.5 Å². The normalized spacial score (nSPS) is 21.3. The molecule has 0 saturated heterocycles. The van der Waals surface area contributed by atoms with Gasteiger partial charge in [0.2, 0.25) is 5.88 Å². The van der Waals surface area contributed by atoms with E-state index in [1.54, 1.807) is 6.07 Å². The van der Waals surface area contributed by atoms with Gasteiger partial charge >= 0.3 is 0 Å². The quantitative estimate of drug-likeness (QED) is 0.935. The maximum absolute atomic E-state index is 9.27. The molecule has 0 bridgehead atoms. The van der Waals surface area contributed by atoms with Crippen molar-refractivity contribution < 1.29 is 4.74 Å². The van der Waals surface area contributed by atoms with Crippen molar-refractivity contribution in [3.8, 4) is 11.9 Å². The van der Waals surface area contributed by atoms with Crippen molar-refractivity contribution in [1.29, 1.82) is 5.26 Å². The molecule has 2 N–H and O–H groups in total. The highest BCUT2D eigenvalue weighted by Crippen LogP contribution is 2.31. The van der Waals surface area contributed by atoms with Crippen LogP contribution < -0.4 is 10.5 Å². The number of nitrogens with two attached hydrogens (primary N) is 1. The topological polar surface area (TPSA) is 71.9 Å². The van der Waals surface area contributed by atoms with E-state index >= 15 is 0 Å². The van der Waals surface area contributed by atoms with Crippen LogP contribution in [-0.4, -0.2) is 18.1 Å². The summed E-state index contributed by atoms with van der Waals surface area (Å²) in [6, 6.07) is 11.6. The zero-order valence-corrected chi connectivity index (χ0v) is 12.0. The van der Waals surface area contributed by atoms with Crippen LogP contribution >= 0.6 is 0 Å². The summed E-state index contributed by atoms with van der Waals surface area (Å²) in [7, 11) is 0. The van der Waals surface area contributed by atoms with Crippen LogP contribution in [0.5, 0.6) is 5.88 Å². The zero-order valence-electron chi connectivity index (χ0n) is 12.0. The minimum atomic E-state index is 0.508. The number of fused-ring (bicyclic) bond motifs is 1. The third kappa shape index (κ3) is 2.84. The molecule has 1 fully saturated rings. The van der Waals surface area contributed by atoms with Crippen molar-refractivity contribution in [1.82, 2.24) is 4.98 Å². The Bertz CT molecular complexity index is 677. The maximum atomic E-state index is 9.27. The molecule has 1 aromatic carbocycles. The van der Waals surface area contributed by atoms with Gasteiger partial charge in [0, 0.05) is 11.5 Å². The minimum absolute atomic E-state index is 0.508. The first-order valence-corrected chi connectivity index (χ1v) is 7.44. The van der Waals surface area contributed by atoms with E-state index in [2.05, 4.69) is 11.1 Å². The molecule has 21 heavy (non-hydrogen) atoms. The van der Waals surface area contributed by atoms with Gasteiger partial charge in [0.15, 0.2) is 0 Å². The highest BCUT2D eigenvalue weighted by Gasteiger charge is 2.26. The van der Waals surface area contributed by atoms with Crippen LogP contribution in [0.3, 0.4) is 0 Å². The minimum Gasteiger partial charge on any atom is -0.477 e. The lowest BCUT2D eigenvalue weighted by Gasteiger charge is -2.18. The van der Waals surface area contributed by atoms with Gasteiger partial charge in [0.25, 0.3) is 0 Å². The van der Waals surface area contributed by atoms with E-state index in [1.165, 1.54) is 19.3 Å². The fourth-order valence-corrected chi connectivity index (χ4v) is 3.15. The Morgan fingerprint density at radius 2 is 2.10 bits per heavy atom. The summed E-state index contributed by atoms with van der Waals surface area (Å²) in [6.45, 7) is 1.36. The number of hydrogen-bond acceptors (Lipinski definition) is 4. The average molecular weight is 281 g/mol. The molecule has 0 aliphatic heterocycles. The predicted octanol–water partition coefficient (Wildman–Crippen LogP) is 2.86. The lowest BCUT2D eigenvalue weighted by atomic mass is 9.97.